The van der Waals surface area contributed by atoms with E-state index in [1.54, 1.807) is 6.07 Å². The summed E-state index contributed by atoms with van der Waals surface area (Å²) < 4.78 is 1.42. The summed E-state index contributed by atoms with van der Waals surface area (Å²) in [5.41, 5.74) is 0.835. The molecule has 0 bridgehead atoms. The number of aromatic carboxylic acids is 1. The SMILES string of the molecule is CC(=O)Cn1nc(C(C)=O)c2cc(C(=O)O)ccc21. The van der Waals surface area contributed by atoms with Crippen LogP contribution in [-0.2, 0) is 11.3 Å². The van der Waals surface area contributed by atoms with Crippen LogP contribution in [0.1, 0.15) is 34.7 Å². The number of hydrogen-bond donors (Lipinski definition) is 1. The van der Waals surface area contributed by atoms with E-state index in [9.17, 15) is 14.4 Å². The molecule has 2 rings (SSSR count). The molecule has 0 saturated heterocycles. The van der Waals surface area contributed by atoms with Gasteiger partial charge in [-0.2, -0.15) is 5.10 Å². The molecule has 0 spiro atoms. The van der Waals surface area contributed by atoms with Gasteiger partial charge in [-0.1, -0.05) is 0 Å². The third-order valence-corrected chi connectivity index (χ3v) is 2.70. The van der Waals surface area contributed by atoms with E-state index >= 15 is 0 Å². The molecule has 0 fully saturated rings. The van der Waals surface area contributed by atoms with Gasteiger partial charge in [0.15, 0.2) is 11.6 Å². The summed E-state index contributed by atoms with van der Waals surface area (Å²) in [6.45, 7) is 2.83. The molecule has 98 valence electrons. The number of aromatic nitrogens is 2. The second kappa shape index (κ2) is 4.64. The molecule has 0 atom stereocenters. The summed E-state index contributed by atoms with van der Waals surface area (Å²) in [6.07, 6.45) is 0. The monoisotopic (exact) mass is 260 g/mol. The first kappa shape index (κ1) is 12.9. The van der Waals surface area contributed by atoms with Crippen LogP contribution in [0, 0.1) is 0 Å². The first-order valence-electron chi connectivity index (χ1n) is 5.64. The highest BCUT2D eigenvalue weighted by Crippen LogP contribution is 2.21. The summed E-state index contributed by atoms with van der Waals surface area (Å²) >= 11 is 0. The van der Waals surface area contributed by atoms with E-state index in [1.807, 2.05) is 0 Å². The van der Waals surface area contributed by atoms with Gasteiger partial charge in [0, 0.05) is 12.3 Å². The fourth-order valence-corrected chi connectivity index (χ4v) is 1.90. The second-order valence-corrected chi connectivity index (χ2v) is 4.30. The van der Waals surface area contributed by atoms with Crippen molar-refractivity contribution in [3.05, 3.63) is 29.5 Å². The van der Waals surface area contributed by atoms with Gasteiger partial charge in [0.05, 0.1) is 17.6 Å². The van der Waals surface area contributed by atoms with Crippen molar-refractivity contribution in [3.8, 4) is 0 Å². The fraction of sp³-hybridized carbons (Fsp3) is 0.231. The van der Waals surface area contributed by atoms with Crippen LogP contribution in [-0.4, -0.2) is 32.4 Å². The van der Waals surface area contributed by atoms with Gasteiger partial charge in [-0.05, 0) is 25.1 Å². The molecule has 1 N–H and O–H groups in total. The smallest absolute Gasteiger partial charge is 0.335 e. The van der Waals surface area contributed by atoms with Crippen LogP contribution >= 0.6 is 0 Å². The Morgan fingerprint density at radius 2 is 1.95 bits per heavy atom. The van der Waals surface area contributed by atoms with Crippen LogP contribution in [0.15, 0.2) is 18.2 Å². The topological polar surface area (TPSA) is 89.3 Å². The highest BCUT2D eigenvalue weighted by Gasteiger charge is 2.16. The molecule has 6 heteroatoms. The predicted molar refractivity (Wildman–Crippen MR) is 67.4 cm³/mol. The van der Waals surface area contributed by atoms with Gasteiger partial charge in [-0.25, -0.2) is 4.79 Å². The lowest BCUT2D eigenvalue weighted by molar-refractivity contribution is -0.117. The number of ketones is 2. The number of carbonyl (C=O) groups is 3. The van der Waals surface area contributed by atoms with E-state index < -0.39 is 5.97 Å². The molecule has 0 unspecified atom stereocenters. The number of nitrogens with zero attached hydrogens (tertiary/aromatic N) is 2. The maximum atomic E-state index is 11.5. The molecule has 0 aliphatic carbocycles. The van der Waals surface area contributed by atoms with Crippen LogP contribution < -0.4 is 0 Å². The Morgan fingerprint density at radius 1 is 1.26 bits per heavy atom. The van der Waals surface area contributed by atoms with Gasteiger partial charge < -0.3 is 5.11 Å². The van der Waals surface area contributed by atoms with Gasteiger partial charge in [0.2, 0.25) is 0 Å². The van der Waals surface area contributed by atoms with Crippen molar-refractivity contribution in [2.75, 3.05) is 0 Å². The molecule has 1 heterocycles. The van der Waals surface area contributed by atoms with Crippen molar-refractivity contribution in [3.63, 3.8) is 0 Å². The fourth-order valence-electron chi connectivity index (χ4n) is 1.90. The number of carboxylic acid groups (broad SMARTS) is 1. The lowest BCUT2D eigenvalue weighted by Crippen LogP contribution is -2.08. The zero-order valence-electron chi connectivity index (χ0n) is 10.5. The molecule has 0 radical (unpaired) electrons. The van der Waals surface area contributed by atoms with Crippen molar-refractivity contribution in [2.24, 2.45) is 0 Å². The van der Waals surface area contributed by atoms with Gasteiger partial charge in [0.1, 0.15) is 5.69 Å². The number of rotatable bonds is 4. The molecule has 1 aromatic carbocycles. The average Bonchev–Trinajstić information content (AvgIpc) is 2.66. The van der Waals surface area contributed by atoms with Crippen LogP contribution in [0.3, 0.4) is 0 Å². The van der Waals surface area contributed by atoms with E-state index in [0.29, 0.717) is 10.9 Å². The first-order valence-corrected chi connectivity index (χ1v) is 5.64. The third kappa shape index (κ3) is 2.37. The second-order valence-electron chi connectivity index (χ2n) is 4.30. The van der Waals surface area contributed by atoms with E-state index in [0.717, 1.165) is 0 Å². The van der Waals surface area contributed by atoms with Gasteiger partial charge in [0.25, 0.3) is 0 Å². The molecule has 0 aliphatic rings. The van der Waals surface area contributed by atoms with Crippen LogP contribution in [0.5, 0.6) is 0 Å². The summed E-state index contributed by atoms with van der Waals surface area (Å²) in [4.78, 5) is 33.6. The van der Waals surface area contributed by atoms with Crippen molar-refractivity contribution in [2.45, 2.75) is 20.4 Å². The minimum atomic E-state index is -1.07. The van der Waals surface area contributed by atoms with E-state index in [-0.39, 0.29) is 29.4 Å². The van der Waals surface area contributed by atoms with Gasteiger partial charge in [-0.15, -0.1) is 0 Å². The van der Waals surface area contributed by atoms with E-state index in [1.165, 1.54) is 30.7 Å². The van der Waals surface area contributed by atoms with Crippen molar-refractivity contribution in [1.82, 2.24) is 9.78 Å². The maximum Gasteiger partial charge on any atom is 0.335 e. The number of carbonyl (C=O) groups excluding carboxylic acids is 2. The van der Waals surface area contributed by atoms with Crippen LogP contribution in [0.25, 0.3) is 10.9 Å². The third-order valence-electron chi connectivity index (χ3n) is 2.70. The normalized spacial score (nSPS) is 10.6. The Morgan fingerprint density at radius 3 is 2.47 bits per heavy atom. The molecule has 6 nitrogen and oxygen atoms in total. The summed E-state index contributed by atoms with van der Waals surface area (Å²) in [7, 11) is 0. The molecular formula is C13H12N2O4. The lowest BCUT2D eigenvalue weighted by Gasteiger charge is -2.00. The minimum Gasteiger partial charge on any atom is -0.478 e. The number of carboxylic acids is 1. The van der Waals surface area contributed by atoms with E-state index in [2.05, 4.69) is 5.10 Å². The molecular weight excluding hydrogens is 248 g/mol. The molecule has 0 amide bonds. The Kier molecular flexibility index (Phi) is 3.16. The number of fused-ring (bicyclic) bond motifs is 1. The standard InChI is InChI=1S/C13H12N2O4/c1-7(16)6-15-11-4-3-9(13(18)19)5-10(11)12(14-15)8(2)17/h3-5H,6H2,1-2H3,(H,18,19). The maximum absolute atomic E-state index is 11.5. The van der Waals surface area contributed by atoms with Crippen LogP contribution in [0.2, 0.25) is 0 Å². The molecule has 1 aromatic heterocycles. The quantitative estimate of drug-likeness (QED) is 0.842. The van der Waals surface area contributed by atoms with Crippen LogP contribution in [0.4, 0.5) is 0 Å². The molecule has 19 heavy (non-hydrogen) atoms. The van der Waals surface area contributed by atoms with Crippen molar-refractivity contribution < 1.29 is 19.5 Å². The van der Waals surface area contributed by atoms with E-state index in [4.69, 9.17) is 5.11 Å². The number of hydrogen-bond acceptors (Lipinski definition) is 4. The molecule has 0 aliphatic heterocycles. The highest BCUT2D eigenvalue weighted by atomic mass is 16.4. The molecule has 0 saturated carbocycles. The Labute approximate surface area is 108 Å². The Bertz CT molecular complexity index is 700. The summed E-state index contributed by atoms with van der Waals surface area (Å²) in [5, 5.41) is 13.5. The van der Waals surface area contributed by atoms with Crippen molar-refractivity contribution >= 4 is 28.4 Å². The average molecular weight is 260 g/mol. The summed E-state index contributed by atoms with van der Waals surface area (Å²) in [5.74, 6) is -1.44. The Hall–Kier alpha value is -2.50. The Balaban J connectivity index is 2.71. The largest absolute Gasteiger partial charge is 0.478 e. The highest BCUT2D eigenvalue weighted by molar-refractivity contribution is 6.06. The predicted octanol–water partition coefficient (Wildman–Crippen LogP) is 1.53. The number of Topliss-reactive ketones (excluding diaryl/α,β-unsaturated/α-hetero) is 2. The summed E-state index contributed by atoms with van der Waals surface area (Å²) in [6, 6.07) is 4.38. The zero-order chi connectivity index (χ0) is 14.2. The van der Waals surface area contributed by atoms with Gasteiger partial charge >= 0.3 is 5.97 Å². The minimum absolute atomic E-state index is 0.0518. The number of benzene rings is 1. The molecule has 2 aromatic rings. The van der Waals surface area contributed by atoms with Gasteiger partial charge in [-0.3, -0.25) is 14.3 Å². The first-order chi connectivity index (χ1) is 8.90. The lowest BCUT2D eigenvalue weighted by atomic mass is 10.1. The zero-order valence-corrected chi connectivity index (χ0v) is 10.5. The van der Waals surface area contributed by atoms with Crippen molar-refractivity contribution in [1.29, 1.82) is 0 Å².